The van der Waals surface area contributed by atoms with Crippen LogP contribution >= 0.6 is 11.6 Å². The van der Waals surface area contributed by atoms with Crippen LogP contribution in [0.3, 0.4) is 0 Å². The van der Waals surface area contributed by atoms with Gasteiger partial charge in [0.1, 0.15) is 11.4 Å². The van der Waals surface area contributed by atoms with Gasteiger partial charge in [-0.2, -0.15) is 17.5 Å². The van der Waals surface area contributed by atoms with E-state index in [0.717, 1.165) is 6.07 Å². The molecule has 30 heavy (non-hydrogen) atoms. The van der Waals surface area contributed by atoms with Gasteiger partial charge in [-0.15, -0.1) is 0 Å². The Labute approximate surface area is 176 Å². The van der Waals surface area contributed by atoms with E-state index in [0.29, 0.717) is 0 Å². The lowest BCUT2D eigenvalue weighted by Crippen LogP contribution is -2.48. The molecule has 1 saturated heterocycles. The lowest BCUT2D eigenvalue weighted by molar-refractivity contribution is -0.140. The van der Waals surface area contributed by atoms with Crippen LogP contribution < -0.4 is 5.32 Å². The lowest BCUT2D eigenvalue weighted by Gasteiger charge is -2.34. The summed E-state index contributed by atoms with van der Waals surface area (Å²) >= 11 is 6.03. The number of carbonyl (C=O) groups excluding carboxylic acids is 2. The van der Waals surface area contributed by atoms with Crippen LogP contribution in [-0.4, -0.2) is 69.2 Å². The first-order chi connectivity index (χ1) is 13.8. The lowest BCUT2D eigenvalue weighted by atomic mass is 10.2. The van der Waals surface area contributed by atoms with E-state index in [4.69, 9.17) is 16.3 Å². The highest BCUT2D eigenvalue weighted by molar-refractivity contribution is 7.89. The Morgan fingerprint density at radius 1 is 1.27 bits per heavy atom. The number of amides is 1. The summed E-state index contributed by atoms with van der Waals surface area (Å²) in [5.74, 6) is -2.24. The second-order valence-electron chi connectivity index (χ2n) is 6.69. The molecular formula is C17H20ClF3N2O6S. The minimum atomic E-state index is -4.60. The number of nitrogens with one attached hydrogen (secondary N) is 1. The number of halogens is 4. The van der Waals surface area contributed by atoms with Gasteiger partial charge < -0.3 is 14.8 Å². The number of rotatable bonds is 6. The molecule has 0 spiro atoms. The van der Waals surface area contributed by atoms with Gasteiger partial charge in [0.05, 0.1) is 22.8 Å². The number of sulfonamides is 1. The summed E-state index contributed by atoms with van der Waals surface area (Å²) in [6, 6.07) is 3.36. The number of hydrogen-bond donors (Lipinski definition) is 1. The number of alkyl halides is 3. The molecular weight excluding hydrogens is 453 g/mol. The van der Waals surface area contributed by atoms with Crippen molar-refractivity contribution in [2.45, 2.75) is 37.1 Å². The molecule has 1 heterocycles. The monoisotopic (exact) mass is 472 g/mol. The maximum atomic E-state index is 13.0. The van der Waals surface area contributed by atoms with Crippen molar-refractivity contribution in [2.24, 2.45) is 0 Å². The predicted molar refractivity (Wildman–Crippen MR) is 99.6 cm³/mol. The summed E-state index contributed by atoms with van der Waals surface area (Å²) in [6.07, 6.45) is -5.29. The molecule has 0 radical (unpaired) electrons. The number of hydrogen-bond acceptors (Lipinski definition) is 6. The molecule has 1 aromatic carbocycles. The van der Waals surface area contributed by atoms with Crippen LogP contribution in [0.25, 0.3) is 0 Å². The van der Waals surface area contributed by atoms with E-state index >= 15 is 0 Å². The Kier molecular flexibility index (Phi) is 7.72. The van der Waals surface area contributed by atoms with E-state index in [9.17, 15) is 31.2 Å². The van der Waals surface area contributed by atoms with E-state index in [1.54, 1.807) is 19.2 Å². The molecule has 1 aliphatic rings. The van der Waals surface area contributed by atoms with Crippen molar-refractivity contribution in [1.82, 2.24) is 9.62 Å². The Hall–Kier alpha value is -1.89. The van der Waals surface area contributed by atoms with Crippen molar-refractivity contribution >= 4 is 33.5 Å². The van der Waals surface area contributed by atoms with E-state index in [2.05, 4.69) is 4.74 Å². The molecule has 1 aliphatic heterocycles. The standard InChI is InChI=1S/C17H20ClF3N2O6S/c1-10-6-23(7-11(2)29-10)30(26,27)14-5-12(3-4-13(14)18)16(25)28-8-15(24)22-9-17(19,20)21/h3-5,10-11H,6-9H2,1-2H3,(H,22,24). The zero-order valence-corrected chi connectivity index (χ0v) is 17.6. The Morgan fingerprint density at radius 3 is 2.43 bits per heavy atom. The Morgan fingerprint density at radius 2 is 1.87 bits per heavy atom. The minimum Gasteiger partial charge on any atom is -0.452 e. The highest BCUT2D eigenvalue weighted by Gasteiger charge is 2.34. The smallest absolute Gasteiger partial charge is 0.405 e. The van der Waals surface area contributed by atoms with Crippen molar-refractivity contribution in [2.75, 3.05) is 26.2 Å². The molecule has 1 fully saturated rings. The average Bonchev–Trinajstić information content (AvgIpc) is 2.63. The molecule has 0 saturated carbocycles. The number of ether oxygens (including phenoxy) is 2. The molecule has 1 aromatic rings. The Balaban J connectivity index is 2.12. The maximum Gasteiger partial charge on any atom is 0.405 e. The number of esters is 1. The van der Waals surface area contributed by atoms with Gasteiger partial charge in [-0.05, 0) is 32.0 Å². The fourth-order valence-corrected chi connectivity index (χ4v) is 4.85. The van der Waals surface area contributed by atoms with Gasteiger partial charge in [-0.3, -0.25) is 4.79 Å². The summed E-state index contributed by atoms with van der Waals surface area (Å²) in [5, 5.41) is 1.42. The van der Waals surface area contributed by atoms with Crippen LogP contribution in [0.2, 0.25) is 5.02 Å². The molecule has 13 heteroatoms. The molecule has 2 rings (SSSR count). The number of benzene rings is 1. The molecule has 8 nitrogen and oxygen atoms in total. The molecule has 2 atom stereocenters. The van der Waals surface area contributed by atoms with E-state index in [1.165, 1.54) is 16.4 Å². The summed E-state index contributed by atoms with van der Waals surface area (Å²) < 4.78 is 73.5. The molecule has 1 amide bonds. The SMILES string of the molecule is CC1CN(S(=O)(=O)c2cc(C(=O)OCC(=O)NCC(F)(F)F)ccc2Cl)CC(C)O1. The third-order valence-corrected chi connectivity index (χ3v) is 6.30. The van der Waals surface area contributed by atoms with E-state index in [-0.39, 0.29) is 40.8 Å². The van der Waals surface area contributed by atoms with Crippen LogP contribution in [-0.2, 0) is 24.3 Å². The predicted octanol–water partition coefficient (Wildman–Crippen LogP) is 1.97. The first-order valence-electron chi connectivity index (χ1n) is 8.75. The van der Waals surface area contributed by atoms with Gasteiger partial charge in [0.2, 0.25) is 10.0 Å². The fourth-order valence-electron chi connectivity index (χ4n) is 2.76. The number of nitrogens with zero attached hydrogens (tertiary/aromatic N) is 1. The second kappa shape index (κ2) is 9.50. The van der Waals surface area contributed by atoms with Crippen molar-refractivity contribution in [1.29, 1.82) is 0 Å². The molecule has 0 bridgehead atoms. The normalized spacial score (nSPS) is 20.6. The van der Waals surface area contributed by atoms with Gasteiger partial charge in [0, 0.05) is 13.1 Å². The van der Waals surface area contributed by atoms with Gasteiger partial charge in [0.25, 0.3) is 5.91 Å². The third kappa shape index (κ3) is 6.56. The zero-order chi connectivity index (χ0) is 22.7. The number of morpholine rings is 1. The van der Waals surface area contributed by atoms with Crippen molar-refractivity contribution in [3.63, 3.8) is 0 Å². The highest BCUT2D eigenvalue weighted by atomic mass is 35.5. The summed E-state index contributed by atoms with van der Waals surface area (Å²) in [4.78, 5) is 23.1. The first-order valence-corrected chi connectivity index (χ1v) is 10.6. The minimum absolute atomic E-state index is 0.0943. The third-order valence-electron chi connectivity index (χ3n) is 3.99. The molecule has 168 valence electrons. The van der Waals surface area contributed by atoms with Crippen LogP contribution in [0, 0.1) is 0 Å². The summed E-state index contributed by atoms with van der Waals surface area (Å²) in [7, 11) is -4.06. The summed E-state index contributed by atoms with van der Waals surface area (Å²) in [6.45, 7) is 1.10. The van der Waals surface area contributed by atoms with Gasteiger partial charge in [-0.1, -0.05) is 11.6 Å². The van der Waals surface area contributed by atoms with Crippen LogP contribution in [0.4, 0.5) is 13.2 Å². The van der Waals surface area contributed by atoms with Crippen LogP contribution in [0.15, 0.2) is 23.1 Å². The highest BCUT2D eigenvalue weighted by Crippen LogP contribution is 2.28. The fraction of sp³-hybridized carbons (Fsp3) is 0.529. The first kappa shape index (κ1) is 24.4. The largest absolute Gasteiger partial charge is 0.452 e. The van der Waals surface area contributed by atoms with E-state index in [1.807, 2.05) is 0 Å². The number of carbonyl (C=O) groups is 2. The van der Waals surface area contributed by atoms with E-state index < -0.39 is 41.2 Å². The molecule has 2 unspecified atom stereocenters. The van der Waals surface area contributed by atoms with Gasteiger partial charge in [-0.25, -0.2) is 13.2 Å². The quantitative estimate of drug-likeness (QED) is 0.635. The van der Waals surface area contributed by atoms with Crippen molar-refractivity contribution in [3.05, 3.63) is 28.8 Å². The molecule has 1 N–H and O–H groups in total. The topological polar surface area (TPSA) is 102 Å². The Bertz CT molecular complexity index is 899. The molecule has 0 aromatic heterocycles. The zero-order valence-electron chi connectivity index (χ0n) is 16.0. The van der Waals surface area contributed by atoms with Gasteiger partial charge in [0.15, 0.2) is 6.61 Å². The van der Waals surface area contributed by atoms with Crippen LogP contribution in [0.1, 0.15) is 24.2 Å². The average molecular weight is 473 g/mol. The van der Waals surface area contributed by atoms with Crippen molar-refractivity contribution < 1.29 is 40.7 Å². The maximum absolute atomic E-state index is 13.0. The summed E-state index contributed by atoms with van der Waals surface area (Å²) in [5.41, 5.74) is -0.226. The van der Waals surface area contributed by atoms with Crippen molar-refractivity contribution in [3.8, 4) is 0 Å². The molecule has 0 aliphatic carbocycles. The van der Waals surface area contributed by atoms with Crippen LogP contribution in [0.5, 0.6) is 0 Å². The second-order valence-corrected chi connectivity index (χ2v) is 9.01. The van der Waals surface area contributed by atoms with Gasteiger partial charge >= 0.3 is 12.1 Å².